The van der Waals surface area contributed by atoms with Crippen molar-refractivity contribution in [3.05, 3.63) is 41.0 Å². The molecule has 2 rings (SSSR count). The maximum Gasteiger partial charge on any atom is 0.250 e. The van der Waals surface area contributed by atoms with E-state index in [-0.39, 0.29) is 5.91 Å². The average Bonchev–Trinajstić information content (AvgIpc) is 2.42. The van der Waals surface area contributed by atoms with Gasteiger partial charge in [-0.2, -0.15) is 0 Å². The Hall–Kier alpha value is -1.29. The minimum absolute atomic E-state index is 0.0301. The number of anilines is 1. The molecule has 0 spiro atoms. The predicted molar refractivity (Wildman–Crippen MR) is 67.7 cm³/mol. The summed E-state index contributed by atoms with van der Waals surface area (Å²) in [6, 6.07) is 7.73. The monoisotopic (exact) mass is 280 g/mol. The second-order valence-corrected chi connectivity index (χ2v) is 5.24. The summed E-state index contributed by atoms with van der Waals surface area (Å²) in [7, 11) is 0. The zero-order chi connectivity index (χ0) is 11.9. The van der Waals surface area contributed by atoms with Gasteiger partial charge in [0.15, 0.2) is 0 Å². The van der Waals surface area contributed by atoms with Crippen LogP contribution in [0, 0.1) is 5.41 Å². The van der Waals surface area contributed by atoms with E-state index in [0.717, 1.165) is 15.9 Å². The lowest BCUT2D eigenvalue weighted by atomic mass is 9.90. The summed E-state index contributed by atoms with van der Waals surface area (Å²) in [5.41, 5.74) is 3.92. The summed E-state index contributed by atoms with van der Waals surface area (Å²) in [4.78, 5) is 11.7. The summed E-state index contributed by atoms with van der Waals surface area (Å²) in [6.45, 7) is 7.70. The Morgan fingerprint density at radius 2 is 2.12 bits per heavy atom. The number of hydrazine groups is 1. The minimum Gasteiger partial charge on any atom is -0.272 e. The zero-order valence-corrected chi connectivity index (χ0v) is 10.8. The Balaban J connectivity index is 2.38. The smallest absolute Gasteiger partial charge is 0.250 e. The zero-order valence-electron chi connectivity index (χ0n) is 9.25. The summed E-state index contributed by atoms with van der Waals surface area (Å²) in [5.74, 6) is -0.0301. The SMILES string of the molecule is C=C1N(c2cccc(Br)c2)NC(=O)C1(C)C. The lowest BCUT2D eigenvalue weighted by molar-refractivity contribution is -0.125. The highest BCUT2D eigenvalue weighted by molar-refractivity contribution is 9.10. The van der Waals surface area contributed by atoms with Crippen molar-refractivity contribution in [1.82, 2.24) is 5.43 Å². The molecule has 0 unspecified atom stereocenters. The van der Waals surface area contributed by atoms with Crippen LogP contribution >= 0.6 is 15.9 Å². The van der Waals surface area contributed by atoms with Crippen molar-refractivity contribution < 1.29 is 4.79 Å². The van der Waals surface area contributed by atoms with Crippen LogP contribution in [0.3, 0.4) is 0 Å². The molecule has 1 aromatic rings. The number of nitrogens with zero attached hydrogens (tertiary/aromatic N) is 1. The molecule has 1 saturated heterocycles. The van der Waals surface area contributed by atoms with E-state index in [1.807, 2.05) is 38.1 Å². The van der Waals surface area contributed by atoms with Crippen LogP contribution in [0.25, 0.3) is 0 Å². The van der Waals surface area contributed by atoms with Gasteiger partial charge in [-0.05, 0) is 32.0 Å². The van der Waals surface area contributed by atoms with Gasteiger partial charge in [0, 0.05) is 10.2 Å². The van der Waals surface area contributed by atoms with Gasteiger partial charge >= 0.3 is 0 Å². The first-order chi connectivity index (χ1) is 7.43. The molecule has 1 fully saturated rings. The standard InChI is InChI=1S/C12H13BrN2O/c1-8-12(2,3)11(16)14-15(8)10-6-4-5-9(13)7-10/h4-7H,1H2,2-3H3,(H,14,16). The van der Waals surface area contributed by atoms with E-state index in [1.54, 1.807) is 5.01 Å². The molecule has 4 heteroatoms. The third-order valence-corrected chi connectivity index (χ3v) is 3.33. The van der Waals surface area contributed by atoms with Crippen molar-refractivity contribution in [2.75, 3.05) is 5.01 Å². The minimum atomic E-state index is -0.553. The van der Waals surface area contributed by atoms with Crippen LogP contribution in [0.1, 0.15) is 13.8 Å². The second kappa shape index (κ2) is 3.63. The van der Waals surface area contributed by atoms with Crippen molar-refractivity contribution in [1.29, 1.82) is 0 Å². The Labute approximate surface area is 103 Å². The molecule has 1 aliphatic heterocycles. The Morgan fingerprint density at radius 3 is 2.62 bits per heavy atom. The number of hydrogen-bond acceptors (Lipinski definition) is 2. The van der Waals surface area contributed by atoms with E-state index >= 15 is 0 Å². The van der Waals surface area contributed by atoms with E-state index in [4.69, 9.17) is 0 Å². The Kier molecular flexibility index (Phi) is 2.54. The van der Waals surface area contributed by atoms with E-state index in [2.05, 4.69) is 27.9 Å². The average molecular weight is 281 g/mol. The highest BCUT2D eigenvalue weighted by Gasteiger charge is 2.42. The molecule has 0 atom stereocenters. The molecule has 0 aromatic heterocycles. The largest absolute Gasteiger partial charge is 0.272 e. The number of amides is 1. The number of hydrogen-bond donors (Lipinski definition) is 1. The third kappa shape index (κ3) is 1.63. The highest BCUT2D eigenvalue weighted by atomic mass is 79.9. The molecule has 0 aliphatic carbocycles. The van der Waals surface area contributed by atoms with Crippen molar-refractivity contribution in [2.24, 2.45) is 5.41 Å². The summed E-state index contributed by atoms with van der Waals surface area (Å²) in [6.07, 6.45) is 0. The van der Waals surface area contributed by atoms with Gasteiger partial charge in [-0.3, -0.25) is 15.2 Å². The van der Waals surface area contributed by atoms with Gasteiger partial charge in [-0.25, -0.2) is 0 Å². The van der Waals surface area contributed by atoms with E-state index in [1.165, 1.54) is 0 Å². The molecule has 1 aromatic carbocycles. The molecule has 3 nitrogen and oxygen atoms in total. The Bertz CT molecular complexity index is 468. The fraction of sp³-hybridized carbons (Fsp3) is 0.250. The molecular weight excluding hydrogens is 268 g/mol. The van der Waals surface area contributed by atoms with Crippen LogP contribution in [0.4, 0.5) is 5.69 Å². The highest BCUT2D eigenvalue weighted by Crippen LogP contribution is 2.36. The normalized spacial score (nSPS) is 18.8. The van der Waals surface area contributed by atoms with E-state index in [0.29, 0.717) is 0 Å². The van der Waals surface area contributed by atoms with E-state index < -0.39 is 5.41 Å². The van der Waals surface area contributed by atoms with Gasteiger partial charge in [-0.1, -0.05) is 28.6 Å². The Morgan fingerprint density at radius 1 is 1.44 bits per heavy atom. The van der Waals surface area contributed by atoms with E-state index in [9.17, 15) is 4.79 Å². The first kappa shape index (κ1) is 11.2. The van der Waals surface area contributed by atoms with Crippen molar-refractivity contribution in [3.8, 4) is 0 Å². The molecule has 1 aliphatic rings. The molecule has 0 saturated carbocycles. The van der Waals surface area contributed by atoms with Crippen LogP contribution < -0.4 is 10.4 Å². The van der Waals surface area contributed by atoms with Gasteiger partial charge < -0.3 is 0 Å². The van der Waals surface area contributed by atoms with Crippen molar-refractivity contribution >= 4 is 27.5 Å². The molecule has 1 amide bonds. The first-order valence-corrected chi connectivity index (χ1v) is 5.78. The van der Waals surface area contributed by atoms with Crippen LogP contribution in [-0.4, -0.2) is 5.91 Å². The molecule has 0 radical (unpaired) electrons. The fourth-order valence-electron chi connectivity index (χ4n) is 1.55. The maximum absolute atomic E-state index is 11.7. The number of halogens is 1. The summed E-state index contributed by atoms with van der Waals surface area (Å²) >= 11 is 3.40. The maximum atomic E-state index is 11.7. The quantitative estimate of drug-likeness (QED) is 0.858. The van der Waals surface area contributed by atoms with Crippen LogP contribution in [0.2, 0.25) is 0 Å². The second-order valence-electron chi connectivity index (χ2n) is 4.33. The molecule has 1 heterocycles. The van der Waals surface area contributed by atoms with Crippen LogP contribution in [0.5, 0.6) is 0 Å². The summed E-state index contributed by atoms with van der Waals surface area (Å²) in [5, 5.41) is 1.73. The molecule has 0 bridgehead atoms. The van der Waals surface area contributed by atoms with Gasteiger partial charge in [0.25, 0.3) is 0 Å². The first-order valence-electron chi connectivity index (χ1n) is 4.99. The lowest BCUT2D eigenvalue weighted by Gasteiger charge is -2.21. The lowest BCUT2D eigenvalue weighted by Crippen LogP contribution is -2.32. The van der Waals surface area contributed by atoms with Gasteiger partial charge in [0.1, 0.15) is 0 Å². The number of benzene rings is 1. The van der Waals surface area contributed by atoms with Crippen molar-refractivity contribution in [3.63, 3.8) is 0 Å². The number of rotatable bonds is 1. The molecular formula is C12H13BrN2O. The van der Waals surface area contributed by atoms with Crippen molar-refractivity contribution in [2.45, 2.75) is 13.8 Å². The van der Waals surface area contributed by atoms with Gasteiger partial charge in [-0.15, -0.1) is 0 Å². The third-order valence-electron chi connectivity index (χ3n) is 2.84. The number of nitrogens with one attached hydrogen (secondary N) is 1. The number of carbonyl (C=O) groups excluding carboxylic acids is 1. The van der Waals surface area contributed by atoms with Crippen LogP contribution in [-0.2, 0) is 4.79 Å². The molecule has 1 N–H and O–H groups in total. The van der Waals surface area contributed by atoms with Crippen LogP contribution in [0.15, 0.2) is 41.0 Å². The topological polar surface area (TPSA) is 32.3 Å². The fourth-order valence-corrected chi connectivity index (χ4v) is 1.94. The predicted octanol–water partition coefficient (Wildman–Crippen LogP) is 2.84. The number of carbonyl (C=O) groups is 1. The van der Waals surface area contributed by atoms with Gasteiger partial charge in [0.05, 0.1) is 11.1 Å². The molecule has 16 heavy (non-hydrogen) atoms. The molecule has 84 valence electrons. The summed E-state index contributed by atoms with van der Waals surface area (Å²) < 4.78 is 0.969. The van der Waals surface area contributed by atoms with Gasteiger partial charge in [0.2, 0.25) is 5.91 Å².